The van der Waals surface area contributed by atoms with E-state index in [0.717, 1.165) is 12.1 Å². The Morgan fingerprint density at radius 1 is 0.446 bits per heavy atom. The van der Waals surface area contributed by atoms with Gasteiger partial charge in [0.1, 0.15) is 0 Å². The van der Waals surface area contributed by atoms with Gasteiger partial charge in [-0.2, -0.15) is 0 Å². The van der Waals surface area contributed by atoms with Crippen molar-refractivity contribution in [1.82, 2.24) is 4.57 Å². The van der Waals surface area contributed by atoms with E-state index in [1.807, 2.05) is 0 Å². The van der Waals surface area contributed by atoms with Gasteiger partial charge in [0.05, 0.1) is 17.1 Å². The van der Waals surface area contributed by atoms with E-state index in [2.05, 4.69) is 222 Å². The fourth-order valence-corrected chi connectivity index (χ4v) is 9.07. The predicted molar refractivity (Wildman–Crippen MR) is 238 cm³/mol. The van der Waals surface area contributed by atoms with Gasteiger partial charge in [0.2, 0.25) is 0 Å². The first-order valence-corrected chi connectivity index (χ1v) is 19.5. The maximum Gasteiger partial charge on any atom is 0.0566 e. The first kappa shape index (κ1) is 32.3. The van der Waals surface area contributed by atoms with Crippen LogP contribution in [0, 0.1) is 0 Å². The van der Waals surface area contributed by atoms with Crippen LogP contribution in [-0.2, 0) is 0 Å². The third-order valence-corrected chi connectivity index (χ3v) is 11.7. The number of hydrogen-bond donors (Lipinski definition) is 0. The number of anilines is 2. The Morgan fingerprint density at radius 2 is 1.07 bits per heavy atom. The molecule has 0 fully saturated rings. The van der Waals surface area contributed by atoms with E-state index in [9.17, 15) is 0 Å². The predicted octanol–water partition coefficient (Wildman–Crippen LogP) is 12.6. The Morgan fingerprint density at radius 3 is 1.88 bits per heavy atom. The molecule has 264 valence electrons. The number of fused-ring (bicyclic) bond motifs is 8. The van der Waals surface area contributed by atoms with Crippen molar-refractivity contribution in [3.63, 3.8) is 0 Å². The number of rotatable bonds is 6. The first-order valence-electron chi connectivity index (χ1n) is 19.5. The topological polar surface area (TPSA) is 8.17 Å². The lowest BCUT2D eigenvalue weighted by molar-refractivity contribution is 0.839. The summed E-state index contributed by atoms with van der Waals surface area (Å²) in [5.41, 5.74) is 10.8. The van der Waals surface area contributed by atoms with Crippen LogP contribution in [0.25, 0.3) is 83.4 Å². The molecule has 0 bridgehead atoms. The summed E-state index contributed by atoms with van der Waals surface area (Å²) >= 11 is 0. The highest BCUT2D eigenvalue weighted by Gasteiger charge is 2.23. The molecule has 1 aromatic heterocycles. The number of para-hydroxylation sites is 2. The minimum Gasteiger partial charge on any atom is -0.334 e. The second-order valence-electron chi connectivity index (χ2n) is 14.8. The average Bonchev–Trinajstić information content (AvgIpc) is 3.62. The zero-order valence-electron chi connectivity index (χ0n) is 30.9. The van der Waals surface area contributed by atoms with Crippen LogP contribution in [0.4, 0.5) is 11.4 Å². The highest BCUT2D eigenvalue weighted by Crippen LogP contribution is 2.40. The van der Waals surface area contributed by atoms with Gasteiger partial charge in [-0.05, 0) is 97.6 Å². The largest absolute Gasteiger partial charge is 0.334 e. The third-order valence-electron chi connectivity index (χ3n) is 11.7. The summed E-state index contributed by atoms with van der Waals surface area (Å²) < 4.78 is 2.41. The highest BCUT2D eigenvalue weighted by atomic mass is 15.2. The lowest BCUT2D eigenvalue weighted by Crippen LogP contribution is -2.38. The van der Waals surface area contributed by atoms with Gasteiger partial charge in [-0.3, -0.25) is 0 Å². The van der Waals surface area contributed by atoms with Crippen molar-refractivity contribution in [3.8, 4) is 27.9 Å². The zero-order valence-corrected chi connectivity index (χ0v) is 30.9. The van der Waals surface area contributed by atoms with Crippen molar-refractivity contribution in [2.75, 3.05) is 4.90 Å². The number of hydrogen-bond acceptors (Lipinski definition) is 1. The summed E-state index contributed by atoms with van der Waals surface area (Å²) in [5.74, 6) is 0. The second kappa shape index (κ2) is 13.3. The quantitative estimate of drug-likeness (QED) is 0.166. The molecule has 1 atom stereocenters. The normalized spacial score (nSPS) is 13.8. The summed E-state index contributed by atoms with van der Waals surface area (Å²) in [6.45, 7) is 0. The van der Waals surface area contributed by atoms with E-state index in [1.54, 1.807) is 0 Å². The van der Waals surface area contributed by atoms with Crippen LogP contribution in [0.3, 0.4) is 0 Å². The van der Waals surface area contributed by atoms with Gasteiger partial charge < -0.3 is 9.47 Å². The van der Waals surface area contributed by atoms with E-state index in [0.29, 0.717) is 0 Å². The Hall–Kier alpha value is -7.16. The summed E-state index contributed by atoms with van der Waals surface area (Å²) in [4.78, 5) is 2.54. The molecule has 1 unspecified atom stereocenters. The van der Waals surface area contributed by atoms with Gasteiger partial charge in [0.25, 0.3) is 0 Å². The molecule has 1 heterocycles. The summed E-state index contributed by atoms with van der Waals surface area (Å²) in [5, 5.41) is 10.4. The maximum atomic E-state index is 2.54. The molecule has 2 nitrogen and oxygen atoms in total. The minimum atomic E-state index is 0.141. The Labute approximate surface area is 326 Å². The average molecular weight is 715 g/mol. The standard InChI is InChI=1S/C54H38N2/c1-2-12-39(13-3-1)48-17-8-10-20-51(48)55(45-33-34-47-42(36-45)23-22-40-14-4-6-16-46(40)47)43-29-24-37(25-30-43)38-26-31-44(32-27-38)56-52-21-11-9-19-50(52)54-49-18-7-5-15-41(49)28-35-53(54)56/h1-32,34-36,45H,33H2. The van der Waals surface area contributed by atoms with E-state index < -0.39 is 0 Å². The maximum absolute atomic E-state index is 2.54. The molecule has 11 rings (SSSR count). The van der Waals surface area contributed by atoms with Crippen LogP contribution < -0.4 is 15.3 Å². The molecule has 0 spiro atoms. The summed E-state index contributed by atoms with van der Waals surface area (Å²) in [6.07, 6.45) is 5.82. The first-order chi connectivity index (χ1) is 27.8. The molecule has 56 heavy (non-hydrogen) atoms. The molecular formula is C54H38N2. The molecule has 0 radical (unpaired) electrons. The smallest absolute Gasteiger partial charge is 0.0566 e. The van der Waals surface area contributed by atoms with Crippen LogP contribution >= 0.6 is 0 Å². The molecule has 0 amide bonds. The Kier molecular flexibility index (Phi) is 7.67. The van der Waals surface area contributed by atoms with Crippen molar-refractivity contribution < 1.29 is 0 Å². The van der Waals surface area contributed by atoms with Crippen molar-refractivity contribution >= 4 is 66.9 Å². The van der Waals surface area contributed by atoms with Gasteiger partial charge in [-0.1, -0.05) is 170 Å². The van der Waals surface area contributed by atoms with Crippen molar-refractivity contribution in [1.29, 1.82) is 0 Å². The van der Waals surface area contributed by atoms with Gasteiger partial charge >= 0.3 is 0 Å². The van der Waals surface area contributed by atoms with E-state index in [-0.39, 0.29) is 6.04 Å². The minimum absolute atomic E-state index is 0.141. The SMILES string of the molecule is C1=c2ccc3ccccc3c2=CCC1N(c1ccc(-c2ccc(-n3c4ccccc4c4c5ccccc5ccc43)cc2)cc1)c1ccccc1-c1ccccc1. The van der Waals surface area contributed by atoms with E-state index in [4.69, 9.17) is 0 Å². The molecule has 0 aliphatic heterocycles. The van der Waals surface area contributed by atoms with Crippen molar-refractivity contribution in [2.24, 2.45) is 0 Å². The van der Waals surface area contributed by atoms with Crippen molar-refractivity contribution in [2.45, 2.75) is 12.5 Å². The lowest BCUT2D eigenvalue weighted by Gasteiger charge is -2.34. The van der Waals surface area contributed by atoms with Crippen molar-refractivity contribution in [3.05, 3.63) is 211 Å². The fraction of sp³-hybridized carbons (Fsp3) is 0.0370. The molecule has 1 aliphatic rings. The molecule has 2 heteroatoms. The number of benzene rings is 9. The molecule has 9 aromatic carbocycles. The number of aromatic nitrogens is 1. The molecule has 0 saturated carbocycles. The Balaban J connectivity index is 0.988. The van der Waals surface area contributed by atoms with Crippen LogP contribution in [0.1, 0.15) is 6.42 Å². The van der Waals surface area contributed by atoms with Gasteiger partial charge in [0.15, 0.2) is 0 Å². The second-order valence-corrected chi connectivity index (χ2v) is 14.8. The molecule has 0 N–H and O–H groups in total. The van der Waals surface area contributed by atoms with Crippen LogP contribution in [0.2, 0.25) is 0 Å². The summed E-state index contributed by atoms with van der Waals surface area (Å²) in [7, 11) is 0. The van der Waals surface area contributed by atoms with E-state index in [1.165, 1.54) is 87.4 Å². The lowest BCUT2D eigenvalue weighted by atomic mass is 9.95. The molecule has 10 aromatic rings. The van der Waals surface area contributed by atoms with E-state index >= 15 is 0 Å². The molecule has 0 saturated heterocycles. The molecule has 1 aliphatic carbocycles. The third kappa shape index (κ3) is 5.33. The van der Waals surface area contributed by atoms with Crippen LogP contribution in [-0.4, -0.2) is 10.6 Å². The fourth-order valence-electron chi connectivity index (χ4n) is 9.07. The zero-order chi connectivity index (χ0) is 37.0. The Bertz CT molecular complexity index is 3210. The van der Waals surface area contributed by atoms with Crippen LogP contribution in [0.15, 0.2) is 200 Å². The highest BCUT2D eigenvalue weighted by molar-refractivity contribution is 6.21. The van der Waals surface area contributed by atoms with Gasteiger partial charge in [0, 0.05) is 33.4 Å². The van der Waals surface area contributed by atoms with Gasteiger partial charge in [-0.15, -0.1) is 0 Å². The van der Waals surface area contributed by atoms with Gasteiger partial charge in [-0.25, -0.2) is 0 Å². The summed E-state index contributed by atoms with van der Waals surface area (Å²) in [6, 6.07) is 73.2. The van der Waals surface area contributed by atoms with Crippen LogP contribution in [0.5, 0.6) is 0 Å². The monoisotopic (exact) mass is 714 g/mol. The molecular weight excluding hydrogens is 677 g/mol. The number of nitrogens with zero attached hydrogens (tertiary/aromatic N) is 2.